The van der Waals surface area contributed by atoms with Gasteiger partial charge in [0.1, 0.15) is 0 Å². The molecule has 0 heterocycles. The van der Waals surface area contributed by atoms with Crippen LogP contribution in [0.2, 0.25) is 0 Å². The van der Waals surface area contributed by atoms with Gasteiger partial charge >= 0.3 is 0 Å². The summed E-state index contributed by atoms with van der Waals surface area (Å²) in [5.74, 6) is 0.506. The molecule has 0 saturated heterocycles. The smallest absolute Gasteiger partial charge is 0.193 e. The fourth-order valence-corrected chi connectivity index (χ4v) is 2.69. The van der Waals surface area contributed by atoms with E-state index in [2.05, 4.69) is 48.4 Å². The fourth-order valence-electron chi connectivity index (χ4n) is 2.69. The molecule has 0 radical (unpaired) electrons. The lowest BCUT2D eigenvalue weighted by Gasteiger charge is -2.11. The maximum absolute atomic E-state index is 5.94. The molecule has 108 valence electrons. The number of nitrogens with two attached hydrogens (primary N) is 1. The predicted octanol–water partition coefficient (Wildman–Crippen LogP) is 3.92. The van der Waals surface area contributed by atoms with Crippen molar-refractivity contribution in [1.82, 2.24) is 0 Å². The Morgan fingerprint density at radius 1 is 1.20 bits per heavy atom. The van der Waals surface area contributed by atoms with Gasteiger partial charge in [-0.3, -0.25) is 4.99 Å². The fraction of sp³-hybridized carbons (Fsp3) is 0.471. The van der Waals surface area contributed by atoms with Crippen LogP contribution in [0, 0.1) is 13.8 Å². The molecule has 3 nitrogen and oxygen atoms in total. The minimum Gasteiger partial charge on any atom is -0.370 e. The Morgan fingerprint density at radius 2 is 1.95 bits per heavy atom. The monoisotopic (exact) mass is 271 g/mol. The summed E-state index contributed by atoms with van der Waals surface area (Å²) in [6.45, 7) is 4.94. The van der Waals surface area contributed by atoms with E-state index in [0.29, 0.717) is 5.96 Å². The Bertz CT molecular complexity index is 495. The summed E-state index contributed by atoms with van der Waals surface area (Å²) in [4.78, 5) is 4.42. The molecule has 0 spiro atoms. The molecule has 0 saturated carbocycles. The van der Waals surface area contributed by atoms with Crippen molar-refractivity contribution in [1.29, 1.82) is 0 Å². The Kier molecular flexibility index (Phi) is 5.22. The van der Waals surface area contributed by atoms with E-state index in [1.807, 2.05) is 0 Å². The van der Waals surface area contributed by atoms with E-state index in [0.717, 1.165) is 18.7 Å². The summed E-state index contributed by atoms with van der Waals surface area (Å²) < 4.78 is 0. The Labute approximate surface area is 122 Å². The zero-order chi connectivity index (χ0) is 14.4. The third-order valence-corrected chi connectivity index (χ3v) is 3.59. The van der Waals surface area contributed by atoms with Crippen LogP contribution >= 0.6 is 0 Å². The maximum Gasteiger partial charge on any atom is 0.193 e. The number of anilines is 1. The van der Waals surface area contributed by atoms with Gasteiger partial charge < -0.3 is 11.1 Å². The first kappa shape index (κ1) is 14.6. The van der Waals surface area contributed by atoms with Crippen LogP contribution in [-0.4, -0.2) is 12.5 Å². The van der Waals surface area contributed by atoms with Crippen LogP contribution in [0.1, 0.15) is 43.2 Å². The second-order valence-electron chi connectivity index (χ2n) is 5.63. The van der Waals surface area contributed by atoms with Gasteiger partial charge in [-0.05, 0) is 69.2 Å². The zero-order valence-corrected chi connectivity index (χ0v) is 12.6. The van der Waals surface area contributed by atoms with Gasteiger partial charge in [0, 0.05) is 12.2 Å². The van der Waals surface area contributed by atoms with Crippen molar-refractivity contribution in [3.05, 3.63) is 41.0 Å². The highest BCUT2D eigenvalue weighted by molar-refractivity contribution is 5.92. The Hall–Kier alpha value is -1.77. The van der Waals surface area contributed by atoms with Crippen LogP contribution < -0.4 is 11.1 Å². The zero-order valence-electron chi connectivity index (χ0n) is 12.6. The topological polar surface area (TPSA) is 50.4 Å². The van der Waals surface area contributed by atoms with E-state index >= 15 is 0 Å². The minimum absolute atomic E-state index is 0.506. The van der Waals surface area contributed by atoms with Crippen LogP contribution in [0.4, 0.5) is 5.69 Å². The standard InChI is InChI=1S/C17H25N3/c1-13-10-14(2)12-16(11-13)20-17(18)19-9-8-15-6-4-3-5-7-15/h6,10-12H,3-5,7-9H2,1-2H3,(H3,18,19,20). The van der Waals surface area contributed by atoms with Crippen molar-refractivity contribution < 1.29 is 0 Å². The molecule has 3 heteroatoms. The number of hydrogen-bond acceptors (Lipinski definition) is 1. The molecule has 0 atom stereocenters. The molecule has 2 rings (SSSR count). The van der Waals surface area contributed by atoms with Gasteiger partial charge in [0.2, 0.25) is 0 Å². The number of hydrogen-bond donors (Lipinski definition) is 2. The maximum atomic E-state index is 5.94. The minimum atomic E-state index is 0.506. The van der Waals surface area contributed by atoms with E-state index in [-0.39, 0.29) is 0 Å². The molecule has 0 aliphatic heterocycles. The molecule has 1 aromatic carbocycles. The lowest BCUT2D eigenvalue weighted by atomic mass is 9.97. The molecule has 1 aromatic rings. The highest BCUT2D eigenvalue weighted by Crippen LogP contribution is 2.19. The second-order valence-corrected chi connectivity index (χ2v) is 5.63. The van der Waals surface area contributed by atoms with Gasteiger partial charge in [0.05, 0.1) is 0 Å². The Morgan fingerprint density at radius 3 is 2.60 bits per heavy atom. The van der Waals surface area contributed by atoms with Crippen molar-refractivity contribution in [3.63, 3.8) is 0 Å². The van der Waals surface area contributed by atoms with E-state index in [1.54, 1.807) is 5.57 Å². The number of guanidine groups is 1. The lowest BCUT2D eigenvalue weighted by molar-refractivity contribution is 0.676. The predicted molar refractivity (Wildman–Crippen MR) is 87.2 cm³/mol. The first-order valence-electron chi connectivity index (χ1n) is 7.46. The number of nitrogens with zero attached hydrogens (tertiary/aromatic N) is 1. The average Bonchev–Trinajstić information content (AvgIpc) is 2.38. The number of allylic oxidation sites excluding steroid dienone is 1. The lowest BCUT2D eigenvalue weighted by Crippen LogP contribution is -2.23. The molecule has 3 N–H and O–H groups in total. The normalized spacial score (nSPS) is 15.9. The average molecular weight is 271 g/mol. The van der Waals surface area contributed by atoms with Crippen LogP contribution in [0.15, 0.2) is 34.8 Å². The number of rotatable bonds is 4. The largest absolute Gasteiger partial charge is 0.370 e. The molecule has 0 bridgehead atoms. The molecular weight excluding hydrogens is 246 g/mol. The number of nitrogens with one attached hydrogen (secondary N) is 1. The van der Waals surface area contributed by atoms with E-state index in [9.17, 15) is 0 Å². The first-order valence-corrected chi connectivity index (χ1v) is 7.46. The number of aliphatic imine (C=N–C) groups is 1. The van der Waals surface area contributed by atoms with Crippen LogP contribution in [0.5, 0.6) is 0 Å². The van der Waals surface area contributed by atoms with Crippen molar-refractivity contribution >= 4 is 11.6 Å². The molecule has 0 amide bonds. The van der Waals surface area contributed by atoms with E-state index in [1.165, 1.54) is 36.8 Å². The number of benzene rings is 1. The molecule has 0 fully saturated rings. The third-order valence-electron chi connectivity index (χ3n) is 3.59. The summed E-state index contributed by atoms with van der Waals surface area (Å²) in [6.07, 6.45) is 8.53. The summed E-state index contributed by atoms with van der Waals surface area (Å²) in [5.41, 5.74) is 11.0. The first-order chi connectivity index (χ1) is 9.63. The Balaban J connectivity index is 1.85. The summed E-state index contributed by atoms with van der Waals surface area (Å²) in [5, 5.41) is 3.17. The van der Waals surface area contributed by atoms with Crippen molar-refractivity contribution in [2.45, 2.75) is 46.0 Å². The van der Waals surface area contributed by atoms with Crippen molar-refractivity contribution in [3.8, 4) is 0 Å². The quantitative estimate of drug-likeness (QED) is 0.495. The van der Waals surface area contributed by atoms with Gasteiger partial charge in [-0.2, -0.15) is 0 Å². The van der Waals surface area contributed by atoms with Crippen molar-refractivity contribution in [2.75, 3.05) is 11.9 Å². The van der Waals surface area contributed by atoms with Gasteiger partial charge in [-0.25, -0.2) is 0 Å². The highest BCUT2D eigenvalue weighted by Gasteiger charge is 2.03. The van der Waals surface area contributed by atoms with Gasteiger partial charge in [0.15, 0.2) is 5.96 Å². The summed E-state index contributed by atoms with van der Waals surface area (Å²) >= 11 is 0. The summed E-state index contributed by atoms with van der Waals surface area (Å²) in [6, 6.07) is 6.31. The van der Waals surface area contributed by atoms with Gasteiger partial charge in [0.25, 0.3) is 0 Å². The van der Waals surface area contributed by atoms with Crippen LogP contribution in [-0.2, 0) is 0 Å². The molecule has 0 aromatic heterocycles. The van der Waals surface area contributed by atoms with E-state index in [4.69, 9.17) is 5.73 Å². The molecular formula is C17H25N3. The molecule has 0 unspecified atom stereocenters. The molecule has 1 aliphatic carbocycles. The van der Waals surface area contributed by atoms with Crippen molar-refractivity contribution in [2.24, 2.45) is 10.7 Å². The SMILES string of the molecule is Cc1cc(C)cc(NC(N)=NCCC2=CCCCC2)c1. The second kappa shape index (κ2) is 7.13. The summed E-state index contributed by atoms with van der Waals surface area (Å²) in [7, 11) is 0. The van der Waals surface area contributed by atoms with Gasteiger partial charge in [-0.15, -0.1) is 0 Å². The van der Waals surface area contributed by atoms with Gasteiger partial charge in [-0.1, -0.05) is 17.7 Å². The van der Waals surface area contributed by atoms with Crippen LogP contribution in [0.25, 0.3) is 0 Å². The van der Waals surface area contributed by atoms with E-state index < -0.39 is 0 Å². The molecule has 20 heavy (non-hydrogen) atoms. The van der Waals surface area contributed by atoms with Crippen LogP contribution in [0.3, 0.4) is 0 Å². The number of aryl methyl sites for hydroxylation is 2. The highest BCUT2D eigenvalue weighted by atomic mass is 15.1. The molecule has 1 aliphatic rings. The third kappa shape index (κ3) is 4.72.